The number of thioether (sulfide) groups is 1. The van der Waals surface area contributed by atoms with Crippen molar-refractivity contribution in [2.75, 3.05) is 11.1 Å². The van der Waals surface area contributed by atoms with E-state index in [1.54, 1.807) is 19.1 Å². The number of halogens is 1. The summed E-state index contributed by atoms with van der Waals surface area (Å²) in [5.74, 6) is 0.438. The zero-order valence-corrected chi connectivity index (χ0v) is 15.7. The Balaban J connectivity index is 1.48. The molecule has 0 aliphatic rings. The SMILES string of the molecule is Cc1ccc(OCc2nnc(SCC(=O)Nc3cccc(F)c3C)o2)cc1. The molecule has 0 atom stereocenters. The van der Waals surface area contributed by atoms with Crippen LogP contribution in [-0.4, -0.2) is 21.9 Å². The lowest BCUT2D eigenvalue weighted by molar-refractivity contribution is -0.113. The molecule has 2 aromatic carbocycles. The first-order valence-electron chi connectivity index (χ1n) is 8.21. The number of hydrogen-bond acceptors (Lipinski definition) is 6. The molecule has 8 heteroatoms. The Kier molecular flexibility index (Phi) is 6.08. The molecule has 0 unspecified atom stereocenters. The number of nitrogens with zero attached hydrogens (tertiary/aromatic N) is 2. The van der Waals surface area contributed by atoms with Gasteiger partial charge in [-0.25, -0.2) is 4.39 Å². The summed E-state index contributed by atoms with van der Waals surface area (Å²) in [7, 11) is 0. The van der Waals surface area contributed by atoms with E-state index in [4.69, 9.17) is 9.15 Å². The van der Waals surface area contributed by atoms with Gasteiger partial charge in [0.1, 0.15) is 11.6 Å². The predicted molar refractivity (Wildman–Crippen MR) is 100 cm³/mol. The first kappa shape index (κ1) is 18.9. The normalized spacial score (nSPS) is 10.6. The van der Waals surface area contributed by atoms with Crippen LogP contribution in [-0.2, 0) is 11.4 Å². The molecule has 140 valence electrons. The summed E-state index contributed by atoms with van der Waals surface area (Å²) in [5.41, 5.74) is 1.98. The first-order chi connectivity index (χ1) is 13.0. The molecule has 27 heavy (non-hydrogen) atoms. The predicted octanol–water partition coefficient (Wildman–Crippen LogP) is 4.14. The Morgan fingerprint density at radius 1 is 1.19 bits per heavy atom. The van der Waals surface area contributed by atoms with Gasteiger partial charge in [-0.05, 0) is 38.1 Å². The molecule has 1 aromatic heterocycles. The van der Waals surface area contributed by atoms with Gasteiger partial charge in [-0.1, -0.05) is 35.5 Å². The van der Waals surface area contributed by atoms with E-state index in [2.05, 4.69) is 15.5 Å². The second kappa shape index (κ2) is 8.68. The molecule has 3 aromatic rings. The Bertz CT molecular complexity index is 928. The van der Waals surface area contributed by atoms with Crippen molar-refractivity contribution in [3.8, 4) is 5.75 Å². The number of aryl methyl sites for hydroxylation is 1. The zero-order valence-electron chi connectivity index (χ0n) is 14.9. The van der Waals surface area contributed by atoms with Gasteiger partial charge in [0.05, 0.1) is 5.75 Å². The van der Waals surface area contributed by atoms with Crippen molar-refractivity contribution in [1.82, 2.24) is 10.2 Å². The summed E-state index contributed by atoms with van der Waals surface area (Å²) in [6.07, 6.45) is 0. The van der Waals surface area contributed by atoms with Crippen LogP contribution in [0.4, 0.5) is 10.1 Å². The number of benzene rings is 2. The van der Waals surface area contributed by atoms with Crippen LogP contribution in [0.5, 0.6) is 5.75 Å². The molecule has 0 aliphatic heterocycles. The number of anilines is 1. The third kappa shape index (κ3) is 5.30. The van der Waals surface area contributed by atoms with Gasteiger partial charge < -0.3 is 14.5 Å². The Morgan fingerprint density at radius 3 is 2.74 bits per heavy atom. The Hall–Kier alpha value is -2.87. The average molecular weight is 387 g/mol. The second-order valence-electron chi connectivity index (χ2n) is 5.81. The quantitative estimate of drug-likeness (QED) is 0.614. The maximum atomic E-state index is 13.5. The van der Waals surface area contributed by atoms with Crippen molar-refractivity contribution >= 4 is 23.4 Å². The number of amides is 1. The third-order valence-corrected chi connectivity index (χ3v) is 4.52. The van der Waals surface area contributed by atoms with Crippen molar-refractivity contribution in [2.24, 2.45) is 0 Å². The van der Waals surface area contributed by atoms with E-state index >= 15 is 0 Å². The topological polar surface area (TPSA) is 77.2 Å². The molecular formula is C19H18FN3O3S. The van der Waals surface area contributed by atoms with E-state index in [0.29, 0.717) is 22.9 Å². The summed E-state index contributed by atoms with van der Waals surface area (Å²) >= 11 is 1.10. The van der Waals surface area contributed by atoms with Gasteiger partial charge >= 0.3 is 0 Å². The molecule has 0 aliphatic carbocycles. The molecule has 0 saturated heterocycles. The fraction of sp³-hybridized carbons (Fsp3) is 0.211. The van der Waals surface area contributed by atoms with Crippen LogP contribution in [0.3, 0.4) is 0 Å². The lowest BCUT2D eigenvalue weighted by atomic mass is 10.2. The molecule has 6 nitrogen and oxygen atoms in total. The van der Waals surface area contributed by atoms with Crippen molar-refractivity contribution in [1.29, 1.82) is 0 Å². The van der Waals surface area contributed by atoms with Crippen molar-refractivity contribution < 1.29 is 18.3 Å². The molecule has 1 amide bonds. The smallest absolute Gasteiger partial charge is 0.277 e. The van der Waals surface area contributed by atoms with Crippen LogP contribution in [0.25, 0.3) is 0 Å². The number of rotatable bonds is 7. The monoisotopic (exact) mass is 387 g/mol. The molecule has 0 radical (unpaired) electrons. The van der Waals surface area contributed by atoms with Crippen molar-refractivity contribution in [3.63, 3.8) is 0 Å². The highest BCUT2D eigenvalue weighted by Gasteiger charge is 2.12. The van der Waals surface area contributed by atoms with Gasteiger partial charge in [0.15, 0.2) is 6.61 Å². The number of ether oxygens (including phenoxy) is 1. The van der Waals surface area contributed by atoms with Crippen LogP contribution in [0.1, 0.15) is 17.0 Å². The summed E-state index contributed by atoms with van der Waals surface area (Å²) in [6, 6.07) is 12.2. The summed E-state index contributed by atoms with van der Waals surface area (Å²) < 4.78 is 24.5. The van der Waals surface area contributed by atoms with Gasteiger partial charge in [0, 0.05) is 11.3 Å². The van der Waals surface area contributed by atoms with Crippen LogP contribution >= 0.6 is 11.8 Å². The van der Waals surface area contributed by atoms with Crippen LogP contribution in [0, 0.1) is 19.7 Å². The van der Waals surface area contributed by atoms with Crippen molar-refractivity contribution in [2.45, 2.75) is 25.7 Å². The van der Waals surface area contributed by atoms with Crippen LogP contribution in [0.2, 0.25) is 0 Å². The molecule has 1 heterocycles. The third-order valence-electron chi connectivity index (χ3n) is 3.70. The summed E-state index contributed by atoms with van der Waals surface area (Å²) in [4.78, 5) is 12.0. The minimum absolute atomic E-state index is 0.0659. The molecule has 0 bridgehead atoms. The van der Waals surface area contributed by atoms with E-state index in [9.17, 15) is 9.18 Å². The first-order valence-corrected chi connectivity index (χ1v) is 9.19. The molecule has 0 fully saturated rings. The number of hydrogen-bond donors (Lipinski definition) is 1. The highest BCUT2D eigenvalue weighted by atomic mass is 32.2. The Labute approximate surface area is 160 Å². The molecule has 1 N–H and O–H groups in total. The standard InChI is InChI=1S/C19H18FN3O3S/c1-12-6-8-14(9-7-12)25-10-18-22-23-19(26-18)27-11-17(24)21-16-5-3-4-15(20)13(16)2/h3-9H,10-11H2,1-2H3,(H,21,24). The molecule has 0 saturated carbocycles. The van der Waals surface area contributed by atoms with E-state index in [1.165, 1.54) is 6.07 Å². The number of aromatic nitrogens is 2. The Morgan fingerprint density at radius 2 is 1.96 bits per heavy atom. The van der Waals surface area contributed by atoms with E-state index < -0.39 is 0 Å². The highest BCUT2D eigenvalue weighted by molar-refractivity contribution is 7.99. The lowest BCUT2D eigenvalue weighted by Crippen LogP contribution is -2.15. The highest BCUT2D eigenvalue weighted by Crippen LogP contribution is 2.20. The van der Waals surface area contributed by atoms with Gasteiger partial charge in [-0.2, -0.15) is 0 Å². The molecule has 0 spiro atoms. The second-order valence-corrected chi connectivity index (χ2v) is 6.74. The number of nitrogens with one attached hydrogen (secondary N) is 1. The van der Waals surface area contributed by atoms with E-state index in [-0.39, 0.29) is 29.3 Å². The van der Waals surface area contributed by atoms with Gasteiger partial charge in [0.2, 0.25) is 5.91 Å². The zero-order chi connectivity index (χ0) is 19.2. The average Bonchev–Trinajstić information content (AvgIpc) is 3.11. The fourth-order valence-corrected chi connectivity index (χ4v) is 2.77. The summed E-state index contributed by atoms with van der Waals surface area (Å²) in [5, 5.41) is 10.7. The van der Waals surface area contributed by atoms with E-state index in [0.717, 1.165) is 17.3 Å². The number of carbonyl (C=O) groups excluding carboxylic acids is 1. The molecular weight excluding hydrogens is 369 g/mol. The fourth-order valence-electron chi connectivity index (χ4n) is 2.19. The summed E-state index contributed by atoms with van der Waals surface area (Å²) in [6.45, 7) is 3.75. The van der Waals surface area contributed by atoms with Crippen molar-refractivity contribution in [3.05, 3.63) is 65.3 Å². The number of carbonyl (C=O) groups is 1. The minimum Gasteiger partial charge on any atom is -0.484 e. The minimum atomic E-state index is -0.365. The molecule has 3 rings (SSSR count). The van der Waals surface area contributed by atoms with E-state index in [1.807, 2.05) is 31.2 Å². The van der Waals surface area contributed by atoms with Gasteiger partial charge in [-0.3, -0.25) is 4.79 Å². The van der Waals surface area contributed by atoms with Gasteiger partial charge in [-0.15, -0.1) is 10.2 Å². The maximum Gasteiger partial charge on any atom is 0.277 e. The maximum absolute atomic E-state index is 13.5. The lowest BCUT2D eigenvalue weighted by Gasteiger charge is -2.07. The van der Waals surface area contributed by atoms with Crippen LogP contribution < -0.4 is 10.1 Å². The van der Waals surface area contributed by atoms with Gasteiger partial charge in [0.25, 0.3) is 11.1 Å². The van der Waals surface area contributed by atoms with Crippen LogP contribution in [0.15, 0.2) is 52.1 Å². The largest absolute Gasteiger partial charge is 0.484 e.